The second kappa shape index (κ2) is 11.3. The van der Waals surface area contributed by atoms with Crippen LogP contribution in [0.2, 0.25) is 0 Å². The molecule has 1 aromatic heterocycles. The quantitative estimate of drug-likeness (QED) is 0.168. The van der Waals surface area contributed by atoms with E-state index in [0.29, 0.717) is 6.04 Å². The molecule has 10 aromatic rings. The topological polar surface area (TPSA) is 0 Å². The molecule has 0 saturated heterocycles. The van der Waals surface area contributed by atoms with Crippen LogP contribution in [0.3, 0.4) is 0 Å². The Labute approximate surface area is 290 Å². The van der Waals surface area contributed by atoms with Crippen molar-refractivity contribution >= 4 is 63.8 Å². The fourth-order valence-electron chi connectivity index (χ4n) is 7.72. The number of fused-ring (bicyclic) bond motifs is 6. The van der Waals surface area contributed by atoms with Gasteiger partial charge in [-0.15, -0.1) is 11.3 Å². The minimum Gasteiger partial charge on any atom is -0.135 e. The van der Waals surface area contributed by atoms with Crippen LogP contribution in [0.4, 0.5) is 0 Å². The first kappa shape index (κ1) is 27.0. The summed E-state index contributed by atoms with van der Waals surface area (Å²) < 4.78 is 10.7. The molecule has 1 heteroatoms. The van der Waals surface area contributed by atoms with E-state index in [9.17, 15) is 0 Å². The van der Waals surface area contributed by atoms with Crippen molar-refractivity contribution in [1.29, 1.82) is 0 Å². The van der Waals surface area contributed by atoms with E-state index in [1.54, 1.807) is 0 Å². The maximum atomic E-state index is 8.10. The SMILES string of the molecule is [2H]c1ccc2cc(-c3c4ccccc4c(-c4ccccc4-c4ccc5sc6cc(-c7ccccc7)ccc6c5c4)c4ccccc34)ccc2c1. The Morgan fingerprint density at radius 3 is 1.76 bits per heavy atom. The van der Waals surface area contributed by atoms with Gasteiger partial charge in [-0.1, -0.05) is 158 Å². The first-order valence-corrected chi connectivity index (χ1v) is 17.6. The van der Waals surface area contributed by atoms with E-state index in [-0.39, 0.29) is 0 Å². The van der Waals surface area contributed by atoms with Gasteiger partial charge in [0, 0.05) is 20.2 Å². The average Bonchev–Trinajstić information content (AvgIpc) is 3.54. The van der Waals surface area contributed by atoms with Crippen LogP contribution >= 0.6 is 11.3 Å². The van der Waals surface area contributed by atoms with Gasteiger partial charge in [0.2, 0.25) is 0 Å². The van der Waals surface area contributed by atoms with Crippen LogP contribution in [-0.4, -0.2) is 0 Å². The Balaban J connectivity index is 1.18. The average molecular weight is 640 g/mol. The minimum atomic E-state index is 0.535. The fourth-order valence-corrected chi connectivity index (χ4v) is 8.84. The third-order valence-corrected chi connectivity index (χ3v) is 11.1. The van der Waals surface area contributed by atoms with Crippen LogP contribution < -0.4 is 0 Å². The summed E-state index contributed by atoms with van der Waals surface area (Å²) >= 11 is 1.87. The molecule has 0 saturated carbocycles. The molecule has 0 aliphatic heterocycles. The minimum absolute atomic E-state index is 0.535. The highest BCUT2D eigenvalue weighted by Crippen LogP contribution is 2.47. The first-order valence-electron chi connectivity index (χ1n) is 17.3. The Bertz CT molecular complexity index is 2880. The van der Waals surface area contributed by atoms with Crippen molar-refractivity contribution in [2.45, 2.75) is 0 Å². The van der Waals surface area contributed by atoms with E-state index in [1.807, 2.05) is 23.5 Å². The molecule has 0 N–H and O–H groups in total. The summed E-state index contributed by atoms with van der Waals surface area (Å²) in [6.07, 6.45) is 0. The van der Waals surface area contributed by atoms with Gasteiger partial charge < -0.3 is 0 Å². The van der Waals surface area contributed by atoms with Gasteiger partial charge in [0.15, 0.2) is 0 Å². The largest absolute Gasteiger partial charge is 0.135 e. The molecule has 0 atom stereocenters. The van der Waals surface area contributed by atoms with E-state index in [0.717, 1.165) is 10.8 Å². The lowest BCUT2D eigenvalue weighted by Crippen LogP contribution is -1.92. The molecular formula is C48H30S. The van der Waals surface area contributed by atoms with Crippen LogP contribution in [0.15, 0.2) is 182 Å². The normalized spacial score (nSPS) is 12.0. The molecule has 0 amide bonds. The predicted octanol–water partition coefficient (Wildman–Crippen LogP) is 14.2. The lowest BCUT2D eigenvalue weighted by atomic mass is 9.83. The Morgan fingerprint density at radius 1 is 0.327 bits per heavy atom. The van der Waals surface area contributed by atoms with Crippen molar-refractivity contribution in [2.75, 3.05) is 0 Å². The summed E-state index contributed by atoms with van der Waals surface area (Å²) in [5.74, 6) is 0. The first-order chi connectivity index (χ1) is 24.7. The van der Waals surface area contributed by atoms with Crippen LogP contribution in [0.25, 0.3) is 97.0 Å². The Kier molecular flexibility index (Phi) is 6.22. The highest BCUT2D eigenvalue weighted by atomic mass is 32.1. The fraction of sp³-hybridized carbons (Fsp3) is 0. The predicted molar refractivity (Wildman–Crippen MR) is 214 cm³/mol. The summed E-state index contributed by atoms with van der Waals surface area (Å²) in [6.45, 7) is 0. The second-order valence-electron chi connectivity index (χ2n) is 12.8. The van der Waals surface area contributed by atoms with E-state index < -0.39 is 0 Å². The molecule has 228 valence electrons. The lowest BCUT2D eigenvalue weighted by Gasteiger charge is -2.20. The molecule has 0 fully saturated rings. The Morgan fingerprint density at radius 2 is 0.980 bits per heavy atom. The van der Waals surface area contributed by atoms with E-state index >= 15 is 0 Å². The van der Waals surface area contributed by atoms with Crippen molar-refractivity contribution < 1.29 is 1.37 Å². The third kappa shape index (κ3) is 4.58. The van der Waals surface area contributed by atoms with Gasteiger partial charge in [-0.25, -0.2) is 0 Å². The van der Waals surface area contributed by atoms with Crippen LogP contribution in [0.1, 0.15) is 1.37 Å². The zero-order chi connectivity index (χ0) is 33.2. The molecule has 49 heavy (non-hydrogen) atoms. The van der Waals surface area contributed by atoms with Crippen molar-refractivity contribution in [3.8, 4) is 44.5 Å². The zero-order valence-corrected chi connectivity index (χ0v) is 27.5. The van der Waals surface area contributed by atoms with Crippen LogP contribution in [-0.2, 0) is 0 Å². The van der Waals surface area contributed by atoms with E-state index in [4.69, 9.17) is 1.37 Å². The standard InChI is InChI=1S/C48H30S/c1-2-12-31(13-3-1)34-24-26-38-44-29-35(25-27-45(44)49-46(38)30-34)37-16-6-7-17-39(37)48-42-20-10-8-18-40(42)47(41-19-9-11-21-43(41)48)36-23-22-32-14-4-5-15-33(32)28-36/h1-30H/i4D. The van der Waals surface area contributed by atoms with Crippen LogP contribution in [0.5, 0.6) is 0 Å². The number of hydrogen-bond acceptors (Lipinski definition) is 1. The van der Waals surface area contributed by atoms with E-state index in [2.05, 4.69) is 164 Å². The molecule has 0 spiro atoms. The van der Waals surface area contributed by atoms with Gasteiger partial charge in [0.25, 0.3) is 0 Å². The summed E-state index contributed by atoms with van der Waals surface area (Å²) in [7, 11) is 0. The second-order valence-corrected chi connectivity index (χ2v) is 13.8. The molecular weight excluding hydrogens is 609 g/mol. The molecule has 0 nitrogen and oxygen atoms in total. The lowest BCUT2D eigenvalue weighted by molar-refractivity contribution is 1.63. The molecule has 0 unspecified atom stereocenters. The van der Waals surface area contributed by atoms with Crippen LogP contribution in [0, 0.1) is 0 Å². The smallest absolute Gasteiger partial charge is 0.0623 e. The highest BCUT2D eigenvalue weighted by molar-refractivity contribution is 7.25. The van der Waals surface area contributed by atoms with Crippen molar-refractivity contribution in [3.05, 3.63) is 182 Å². The molecule has 0 radical (unpaired) electrons. The molecule has 0 aliphatic rings. The summed E-state index contributed by atoms with van der Waals surface area (Å²) in [4.78, 5) is 0. The summed E-state index contributed by atoms with van der Waals surface area (Å²) in [5.41, 5.74) is 9.88. The highest BCUT2D eigenvalue weighted by Gasteiger charge is 2.19. The summed E-state index contributed by atoms with van der Waals surface area (Å²) in [5, 5.41) is 9.80. The maximum absolute atomic E-state index is 8.10. The van der Waals surface area contributed by atoms with Gasteiger partial charge in [0.1, 0.15) is 0 Å². The Hall–Kier alpha value is -6.02. The molecule has 0 aliphatic carbocycles. The molecule has 9 aromatic carbocycles. The van der Waals surface area contributed by atoms with E-state index in [1.165, 1.54) is 86.2 Å². The molecule has 10 rings (SSSR count). The number of benzene rings is 9. The number of hydrogen-bond donors (Lipinski definition) is 0. The van der Waals surface area contributed by atoms with Gasteiger partial charge in [-0.3, -0.25) is 0 Å². The van der Waals surface area contributed by atoms with Crippen molar-refractivity contribution in [3.63, 3.8) is 0 Å². The number of rotatable bonds is 4. The molecule has 0 bridgehead atoms. The monoisotopic (exact) mass is 639 g/mol. The number of thiophene rings is 1. The maximum Gasteiger partial charge on any atom is 0.0623 e. The summed E-state index contributed by atoms with van der Waals surface area (Å²) in [6, 6.07) is 64.2. The van der Waals surface area contributed by atoms with Gasteiger partial charge in [-0.05, 0) is 101 Å². The van der Waals surface area contributed by atoms with Gasteiger partial charge >= 0.3 is 0 Å². The molecule has 1 heterocycles. The van der Waals surface area contributed by atoms with Crippen molar-refractivity contribution in [2.24, 2.45) is 0 Å². The van der Waals surface area contributed by atoms with Gasteiger partial charge in [-0.2, -0.15) is 0 Å². The van der Waals surface area contributed by atoms with Crippen molar-refractivity contribution in [1.82, 2.24) is 0 Å². The zero-order valence-electron chi connectivity index (χ0n) is 27.7. The third-order valence-electron chi connectivity index (χ3n) is 9.99. The van der Waals surface area contributed by atoms with Gasteiger partial charge in [0.05, 0.1) is 1.37 Å².